The number of nitrogens with zero attached hydrogens (tertiary/aromatic N) is 1. The quantitative estimate of drug-likeness (QED) is 0.257. The molecule has 0 radical (unpaired) electrons. The molecule has 9 heteroatoms. The number of rotatable bonds is 7. The minimum atomic E-state index is -3.38. The van der Waals surface area contributed by atoms with Gasteiger partial charge in [-0.05, 0) is 24.8 Å². The highest BCUT2D eigenvalue weighted by molar-refractivity contribution is 14.0. The van der Waals surface area contributed by atoms with E-state index in [1.807, 2.05) is 0 Å². The Labute approximate surface area is 147 Å². The average molecular weight is 446 g/mol. The Morgan fingerprint density at radius 1 is 1.43 bits per heavy atom. The molecule has 0 aliphatic heterocycles. The van der Waals surface area contributed by atoms with Crippen LogP contribution in [0.4, 0.5) is 0 Å². The van der Waals surface area contributed by atoms with Crippen molar-refractivity contribution in [3.63, 3.8) is 0 Å². The van der Waals surface area contributed by atoms with E-state index in [0.717, 1.165) is 6.42 Å². The van der Waals surface area contributed by atoms with Gasteiger partial charge in [-0.25, -0.2) is 13.1 Å². The topological polar surface area (TPSA) is 82.6 Å². The van der Waals surface area contributed by atoms with Crippen molar-refractivity contribution in [1.82, 2.24) is 15.4 Å². The first-order valence-corrected chi connectivity index (χ1v) is 8.86. The van der Waals surface area contributed by atoms with Crippen LogP contribution in [-0.4, -0.2) is 40.6 Å². The predicted octanol–water partition coefficient (Wildman–Crippen LogP) is 1.61. The van der Waals surface area contributed by atoms with Crippen LogP contribution in [-0.2, 0) is 10.0 Å². The van der Waals surface area contributed by atoms with Gasteiger partial charge < -0.3 is 10.6 Å². The maximum atomic E-state index is 11.9. The summed E-state index contributed by atoms with van der Waals surface area (Å²) in [5.74, 6) is 0.676. The Hall–Kier alpha value is -0.390. The van der Waals surface area contributed by atoms with Crippen molar-refractivity contribution in [3.8, 4) is 0 Å². The molecule has 0 aliphatic carbocycles. The molecule has 1 unspecified atom stereocenters. The Morgan fingerprint density at radius 3 is 2.67 bits per heavy atom. The van der Waals surface area contributed by atoms with Crippen LogP contribution in [0.5, 0.6) is 0 Å². The Bertz CT molecular complexity index is 517. The number of halogens is 1. The maximum Gasteiger partial charge on any atom is 0.250 e. The molecule has 0 amide bonds. The lowest BCUT2D eigenvalue weighted by molar-refractivity contribution is 0.581. The molecule has 1 aromatic heterocycles. The zero-order chi connectivity index (χ0) is 15.0. The lowest BCUT2D eigenvalue weighted by Crippen LogP contribution is -2.44. The molecule has 3 N–H and O–H groups in total. The predicted molar refractivity (Wildman–Crippen MR) is 99.2 cm³/mol. The first-order chi connectivity index (χ1) is 9.49. The number of hydrogen-bond acceptors (Lipinski definition) is 4. The van der Waals surface area contributed by atoms with E-state index in [2.05, 4.69) is 34.2 Å². The van der Waals surface area contributed by atoms with E-state index in [1.54, 1.807) is 24.6 Å². The van der Waals surface area contributed by atoms with E-state index in [-0.39, 0.29) is 24.0 Å². The molecule has 1 aromatic rings. The lowest BCUT2D eigenvalue weighted by Gasteiger charge is -2.16. The van der Waals surface area contributed by atoms with Crippen molar-refractivity contribution < 1.29 is 8.42 Å². The molecule has 0 bridgehead atoms. The Balaban J connectivity index is 0.00000400. The fraction of sp³-hybridized carbons (Fsp3) is 0.583. The Morgan fingerprint density at radius 2 is 2.14 bits per heavy atom. The summed E-state index contributed by atoms with van der Waals surface area (Å²) in [5.41, 5.74) is 0. The van der Waals surface area contributed by atoms with Crippen LogP contribution in [0, 0.1) is 0 Å². The van der Waals surface area contributed by atoms with E-state index in [1.165, 1.54) is 11.3 Å². The fourth-order valence-corrected chi connectivity index (χ4v) is 3.45. The van der Waals surface area contributed by atoms with Gasteiger partial charge in [-0.2, -0.15) is 0 Å². The molecule has 0 saturated heterocycles. The lowest BCUT2D eigenvalue weighted by atomic mass is 10.3. The zero-order valence-corrected chi connectivity index (χ0v) is 16.4. The van der Waals surface area contributed by atoms with Crippen molar-refractivity contribution in [1.29, 1.82) is 0 Å². The van der Waals surface area contributed by atoms with Crippen molar-refractivity contribution in [2.24, 2.45) is 4.99 Å². The van der Waals surface area contributed by atoms with Gasteiger partial charge in [0, 0.05) is 26.2 Å². The molecule has 0 spiro atoms. The summed E-state index contributed by atoms with van der Waals surface area (Å²) >= 11 is 1.20. The van der Waals surface area contributed by atoms with Crippen molar-refractivity contribution >= 4 is 51.3 Å². The number of thiophene rings is 1. The number of aliphatic imine (C=N–C) groups is 1. The van der Waals surface area contributed by atoms with E-state index in [9.17, 15) is 8.42 Å². The van der Waals surface area contributed by atoms with Gasteiger partial charge in [-0.1, -0.05) is 13.0 Å². The van der Waals surface area contributed by atoms with E-state index >= 15 is 0 Å². The summed E-state index contributed by atoms with van der Waals surface area (Å²) < 4.78 is 26.6. The molecule has 122 valence electrons. The molecule has 1 rings (SSSR count). The third-order valence-corrected chi connectivity index (χ3v) is 5.55. The third-order valence-electron chi connectivity index (χ3n) is 2.69. The van der Waals surface area contributed by atoms with Gasteiger partial charge in [0.1, 0.15) is 4.21 Å². The van der Waals surface area contributed by atoms with Gasteiger partial charge in [-0.15, -0.1) is 35.3 Å². The molecule has 0 fully saturated rings. The second-order valence-corrected chi connectivity index (χ2v) is 7.22. The molecule has 0 aromatic carbocycles. The normalized spacial score (nSPS) is 13.4. The van der Waals surface area contributed by atoms with Gasteiger partial charge >= 0.3 is 0 Å². The van der Waals surface area contributed by atoms with Crippen LogP contribution in [0.25, 0.3) is 0 Å². The molecular formula is C12H23IN4O2S2. The standard InChI is InChI=1S/C12H22N4O2S2.HI/c1-4-10(2)16-12(13-3)14-7-8-15-20(17,18)11-6-5-9-19-11;/h5-6,9-10,15H,4,7-8H2,1-3H3,(H2,13,14,16);1H. The molecule has 1 heterocycles. The summed E-state index contributed by atoms with van der Waals surface area (Å²) in [6.45, 7) is 4.93. The molecule has 6 nitrogen and oxygen atoms in total. The molecule has 0 aliphatic rings. The van der Waals surface area contributed by atoms with Crippen LogP contribution in [0.2, 0.25) is 0 Å². The van der Waals surface area contributed by atoms with Crippen LogP contribution in [0.15, 0.2) is 26.7 Å². The highest BCUT2D eigenvalue weighted by Crippen LogP contribution is 2.14. The highest BCUT2D eigenvalue weighted by atomic mass is 127. The monoisotopic (exact) mass is 446 g/mol. The second-order valence-electron chi connectivity index (χ2n) is 4.28. The summed E-state index contributed by atoms with van der Waals surface area (Å²) in [6, 6.07) is 3.63. The van der Waals surface area contributed by atoms with Crippen LogP contribution in [0.3, 0.4) is 0 Å². The number of sulfonamides is 1. The first-order valence-electron chi connectivity index (χ1n) is 6.50. The minimum Gasteiger partial charge on any atom is -0.355 e. The second kappa shape index (κ2) is 10.4. The van der Waals surface area contributed by atoms with Gasteiger partial charge in [0.05, 0.1) is 0 Å². The SMILES string of the molecule is CCC(C)NC(=NC)NCCNS(=O)(=O)c1cccs1.I. The van der Waals surface area contributed by atoms with E-state index in [4.69, 9.17) is 0 Å². The van der Waals surface area contributed by atoms with Gasteiger partial charge in [0.15, 0.2) is 5.96 Å². The summed E-state index contributed by atoms with van der Waals surface area (Å²) in [6.07, 6.45) is 0.992. The van der Waals surface area contributed by atoms with E-state index < -0.39 is 10.0 Å². The van der Waals surface area contributed by atoms with Crippen molar-refractivity contribution in [2.45, 2.75) is 30.5 Å². The average Bonchev–Trinajstić information content (AvgIpc) is 2.96. The molecular weight excluding hydrogens is 423 g/mol. The smallest absolute Gasteiger partial charge is 0.250 e. The van der Waals surface area contributed by atoms with Gasteiger partial charge in [0.2, 0.25) is 10.0 Å². The van der Waals surface area contributed by atoms with Crippen LogP contribution < -0.4 is 15.4 Å². The molecule has 21 heavy (non-hydrogen) atoms. The largest absolute Gasteiger partial charge is 0.355 e. The fourth-order valence-electron chi connectivity index (χ4n) is 1.38. The number of nitrogens with one attached hydrogen (secondary N) is 3. The zero-order valence-electron chi connectivity index (χ0n) is 12.4. The van der Waals surface area contributed by atoms with E-state index in [0.29, 0.717) is 29.3 Å². The number of hydrogen-bond donors (Lipinski definition) is 3. The summed E-state index contributed by atoms with van der Waals surface area (Å²) in [5, 5.41) is 8.01. The molecule has 0 saturated carbocycles. The van der Waals surface area contributed by atoms with Crippen LogP contribution in [0.1, 0.15) is 20.3 Å². The molecule has 1 atom stereocenters. The third kappa shape index (κ3) is 7.43. The Kier molecular flexibility index (Phi) is 10.2. The van der Waals surface area contributed by atoms with Crippen LogP contribution >= 0.6 is 35.3 Å². The number of guanidine groups is 1. The maximum absolute atomic E-state index is 11.9. The highest BCUT2D eigenvalue weighted by Gasteiger charge is 2.13. The van der Waals surface area contributed by atoms with Gasteiger partial charge in [-0.3, -0.25) is 4.99 Å². The summed E-state index contributed by atoms with van der Waals surface area (Å²) in [7, 11) is -1.69. The van der Waals surface area contributed by atoms with Crippen molar-refractivity contribution in [3.05, 3.63) is 17.5 Å². The van der Waals surface area contributed by atoms with Crippen molar-refractivity contribution in [2.75, 3.05) is 20.1 Å². The summed E-state index contributed by atoms with van der Waals surface area (Å²) in [4.78, 5) is 4.08. The van der Waals surface area contributed by atoms with Gasteiger partial charge in [0.25, 0.3) is 0 Å². The first kappa shape index (κ1) is 20.6. The minimum absolute atomic E-state index is 0.